The number of halogens is 1. The Morgan fingerprint density at radius 1 is 1.59 bits per heavy atom. The summed E-state index contributed by atoms with van der Waals surface area (Å²) in [6.45, 7) is 3.77. The summed E-state index contributed by atoms with van der Waals surface area (Å²) in [5, 5.41) is 22.3. The molecule has 0 saturated heterocycles. The van der Waals surface area contributed by atoms with Crippen molar-refractivity contribution in [3.63, 3.8) is 0 Å². The summed E-state index contributed by atoms with van der Waals surface area (Å²) in [5.41, 5.74) is -0.298. The molecular formula is C10H9BrN2O4. The molecule has 0 fully saturated rings. The molecule has 0 bridgehead atoms. The molecule has 6 nitrogen and oxygen atoms in total. The minimum Gasteiger partial charge on any atom is -0.502 e. The Morgan fingerprint density at radius 3 is 2.71 bits per heavy atom. The van der Waals surface area contributed by atoms with E-state index in [9.17, 15) is 20.0 Å². The second-order valence-electron chi connectivity index (χ2n) is 3.16. The van der Waals surface area contributed by atoms with Crippen LogP contribution in [0, 0.1) is 10.1 Å². The molecule has 0 aliphatic heterocycles. The highest BCUT2D eigenvalue weighted by atomic mass is 79.9. The number of benzene rings is 1. The van der Waals surface area contributed by atoms with Crippen LogP contribution in [0.25, 0.3) is 0 Å². The summed E-state index contributed by atoms with van der Waals surface area (Å²) < 4.78 is 0.594. The van der Waals surface area contributed by atoms with Gasteiger partial charge < -0.3 is 10.4 Å². The zero-order valence-electron chi connectivity index (χ0n) is 8.64. The fraction of sp³-hybridized carbons (Fsp3) is 0.100. The highest BCUT2D eigenvalue weighted by Crippen LogP contribution is 2.26. The summed E-state index contributed by atoms with van der Waals surface area (Å²) in [6.07, 6.45) is 0. The number of nitro benzene ring substituents is 1. The third-order valence-corrected chi connectivity index (χ3v) is 2.16. The van der Waals surface area contributed by atoms with E-state index in [-0.39, 0.29) is 12.1 Å². The highest BCUT2D eigenvalue weighted by Gasteiger charge is 2.15. The van der Waals surface area contributed by atoms with Gasteiger partial charge in [0, 0.05) is 22.7 Å². The number of carbonyl (C=O) groups excluding carboxylic acids is 1. The normalized spacial score (nSPS) is 9.71. The number of phenols is 1. The molecule has 2 N–H and O–H groups in total. The third-order valence-electron chi connectivity index (χ3n) is 1.88. The van der Waals surface area contributed by atoms with E-state index in [4.69, 9.17) is 0 Å². The van der Waals surface area contributed by atoms with Crippen LogP contribution in [0.5, 0.6) is 5.75 Å². The quantitative estimate of drug-likeness (QED) is 0.656. The summed E-state index contributed by atoms with van der Waals surface area (Å²) in [5.74, 6) is -0.990. The van der Waals surface area contributed by atoms with Crippen LogP contribution in [0.3, 0.4) is 0 Å². The molecular weight excluding hydrogens is 292 g/mol. The Hall–Kier alpha value is -1.89. The summed E-state index contributed by atoms with van der Waals surface area (Å²) in [4.78, 5) is 21.2. The van der Waals surface area contributed by atoms with Crippen molar-refractivity contribution >= 4 is 27.5 Å². The Kier molecular flexibility index (Phi) is 4.22. The maximum Gasteiger partial charge on any atom is 0.310 e. The second-order valence-corrected chi connectivity index (χ2v) is 4.28. The molecule has 0 spiro atoms. The average Bonchev–Trinajstić information content (AvgIpc) is 2.25. The summed E-state index contributed by atoms with van der Waals surface area (Å²) in [6, 6.07) is 3.39. The SMILES string of the molecule is C=C(Br)CNC(=O)c1ccc([N+](=O)[O-])c(O)c1. The fourth-order valence-electron chi connectivity index (χ4n) is 1.10. The number of carbonyl (C=O) groups is 1. The van der Waals surface area contributed by atoms with Gasteiger partial charge in [-0.05, 0) is 12.1 Å². The predicted octanol–water partition coefficient (Wildman–Crippen LogP) is 1.94. The van der Waals surface area contributed by atoms with E-state index in [1.807, 2.05) is 0 Å². The van der Waals surface area contributed by atoms with Crippen LogP contribution in [0.2, 0.25) is 0 Å². The molecule has 0 radical (unpaired) electrons. The Balaban J connectivity index is 2.86. The van der Waals surface area contributed by atoms with Crippen LogP contribution >= 0.6 is 15.9 Å². The maximum absolute atomic E-state index is 11.5. The van der Waals surface area contributed by atoms with Crippen molar-refractivity contribution in [2.24, 2.45) is 0 Å². The molecule has 0 aliphatic carbocycles. The Morgan fingerprint density at radius 2 is 2.24 bits per heavy atom. The summed E-state index contributed by atoms with van der Waals surface area (Å²) in [7, 11) is 0. The lowest BCUT2D eigenvalue weighted by Gasteiger charge is -2.04. The van der Waals surface area contributed by atoms with Gasteiger partial charge in [0.25, 0.3) is 5.91 Å². The van der Waals surface area contributed by atoms with Gasteiger partial charge in [-0.3, -0.25) is 14.9 Å². The molecule has 1 rings (SSSR count). The molecule has 1 aromatic carbocycles. The number of amides is 1. The highest BCUT2D eigenvalue weighted by molar-refractivity contribution is 9.11. The van der Waals surface area contributed by atoms with Crippen molar-refractivity contribution in [2.45, 2.75) is 0 Å². The van der Waals surface area contributed by atoms with Gasteiger partial charge in [0.05, 0.1) is 4.92 Å². The number of phenolic OH excluding ortho intramolecular Hbond substituents is 1. The largest absolute Gasteiger partial charge is 0.502 e. The van der Waals surface area contributed by atoms with Gasteiger partial charge in [-0.15, -0.1) is 0 Å². The van der Waals surface area contributed by atoms with Crippen LogP contribution in [0.1, 0.15) is 10.4 Å². The number of rotatable bonds is 4. The third kappa shape index (κ3) is 3.56. The summed E-state index contributed by atoms with van der Waals surface area (Å²) >= 11 is 3.07. The van der Waals surface area contributed by atoms with E-state index >= 15 is 0 Å². The number of nitro groups is 1. The standard InChI is InChI=1S/C10H9BrN2O4/c1-6(11)5-12-10(15)7-2-3-8(13(16)17)9(14)4-7/h2-4,14H,1,5H2,(H,12,15). The van der Waals surface area contributed by atoms with Gasteiger partial charge in [-0.2, -0.15) is 0 Å². The van der Waals surface area contributed by atoms with Crippen molar-refractivity contribution in [3.05, 3.63) is 44.9 Å². The van der Waals surface area contributed by atoms with Crippen molar-refractivity contribution in [3.8, 4) is 5.75 Å². The average molecular weight is 301 g/mol. The first-order chi connectivity index (χ1) is 7.91. The topological polar surface area (TPSA) is 92.5 Å². The number of aromatic hydroxyl groups is 1. The lowest BCUT2D eigenvalue weighted by atomic mass is 10.2. The first kappa shape index (κ1) is 13.2. The fourth-order valence-corrected chi connectivity index (χ4v) is 1.24. The maximum atomic E-state index is 11.5. The van der Waals surface area contributed by atoms with E-state index in [1.165, 1.54) is 6.07 Å². The number of nitrogens with zero attached hydrogens (tertiary/aromatic N) is 1. The van der Waals surface area contributed by atoms with Gasteiger partial charge in [0.15, 0.2) is 5.75 Å². The van der Waals surface area contributed by atoms with Crippen LogP contribution in [0.4, 0.5) is 5.69 Å². The van der Waals surface area contributed by atoms with E-state index in [0.717, 1.165) is 12.1 Å². The molecule has 7 heteroatoms. The second kappa shape index (κ2) is 5.44. The molecule has 0 heterocycles. The molecule has 0 aromatic heterocycles. The zero-order valence-corrected chi connectivity index (χ0v) is 10.2. The number of hydrogen-bond donors (Lipinski definition) is 2. The van der Waals surface area contributed by atoms with Crippen molar-refractivity contribution in [2.75, 3.05) is 6.54 Å². The van der Waals surface area contributed by atoms with E-state index in [0.29, 0.717) is 4.48 Å². The van der Waals surface area contributed by atoms with E-state index in [1.54, 1.807) is 0 Å². The van der Waals surface area contributed by atoms with Crippen molar-refractivity contribution < 1.29 is 14.8 Å². The lowest BCUT2D eigenvalue weighted by molar-refractivity contribution is -0.385. The molecule has 0 aliphatic rings. The van der Waals surface area contributed by atoms with E-state index in [2.05, 4.69) is 27.8 Å². The van der Waals surface area contributed by atoms with E-state index < -0.39 is 22.3 Å². The molecule has 0 unspecified atom stereocenters. The van der Waals surface area contributed by atoms with Crippen LogP contribution in [0.15, 0.2) is 29.3 Å². The van der Waals surface area contributed by atoms with Crippen LogP contribution < -0.4 is 5.32 Å². The van der Waals surface area contributed by atoms with Crippen molar-refractivity contribution in [1.82, 2.24) is 5.32 Å². The smallest absolute Gasteiger partial charge is 0.310 e. The number of hydrogen-bond acceptors (Lipinski definition) is 4. The molecule has 0 saturated carbocycles. The first-order valence-corrected chi connectivity index (χ1v) is 5.30. The first-order valence-electron chi connectivity index (χ1n) is 4.50. The Bertz CT molecular complexity index is 487. The van der Waals surface area contributed by atoms with Crippen LogP contribution in [-0.4, -0.2) is 22.5 Å². The molecule has 1 aromatic rings. The minimum atomic E-state index is -0.725. The molecule has 0 atom stereocenters. The van der Waals surface area contributed by atoms with Gasteiger partial charge >= 0.3 is 5.69 Å². The predicted molar refractivity (Wildman–Crippen MR) is 65.2 cm³/mol. The zero-order chi connectivity index (χ0) is 13.0. The minimum absolute atomic E-state index is 0.141. The molecule has 90 valence electrons. The van der Waals surface area contributed by atoms with Gasteiger partial charge in [-0.25, -0.2) is 0 Å². The lowest BCUT2D eigenvalue weighted by Crippen LogP contribution is -2.24. The monoisotopic (exact) mass is 300 g/mol. The number of nitrogens with one attached hydrogen (secondary N) is 1. The van der Waals surface area contributed by atoms with Gasteiger partial charge in [0.1, 0.15) is 0 Å². The van der Waals surface area contributed by atoms with Crippen molar-refractivity contribution in [1.29, 1.82) is 0 Å². The Labute approximate surface area is 105 Å². The van der Waals surface area contributed by atoms with Gasteiger partial charge in [0.2, 0.25) is 0 Å². The molecule has 17 heavy (non-hydrogen) atoms. The molecule has 1 amide bonds. The van der Waals surface area contributed by atoms with Crippen LogP contribution in [-0.2, 0) is 0 Å². The van der Waals surface area contributed by atoms with Gasteiger partial charge in [-0.1, -0.05) is 22.5 Å².